The normalized spacial score (nSPS) is 11.8. The van der Waals surface area contributed by atoms with Gasteiger partial charge in [0, 0.05) is 12.3 Å². The van der Waals surface area contributed by atoms with Gasteiger partial charge in [0.1, 0.15) is 6.61 Å². The molecule has 1 unspecified atom stereocenters. The van der Waals surface area contributed by atoms with Crippen LogP contribution in [0, 0.1) is 0 Å². The Labute approximate surface area is 263 Å². The minimum atomic E-state index is -0.601. The summed E-state index contributed by atoms with van der Waals surface area (Å²) in [6.07, 6.45) is 0.0422. The minimum absolute atomic E-state index is 0.0422. The number of benzene rings is 5. The SMILES string of the molecule is O=C(CC(NC(=O)SCCNC(c1ccccc1)(c1ccccc1)c1ccccc1)c1ccccc1)OCc1ccccc1. The fourth-order valence-corrected chi connectivity index (χ4v) is 5.95. The van der Waals surface area contributed by atoms with Crippen LogP contribution in [0.5, 0.6) is 0 Å². The quantitative estimate of drug-likeness (QED) is 0.0818. The monoisotopic (exact) mass is 600 g/mol. The van der Waals surface area contributed by atoms with Crippen LogP contribution >= 0.6 is 11.8 Å². The predicted octanol–water partition coefficient (Wildman–Crippen LogP) is 7.89. The van der Waals surface area contributed by atoms with Gasteiger partial charge in [-0.1, -0.05) is 163 Å². The molecular weight excluding hydrogens is 564 g/mol. The molecule has 1 amide bonds. The molecule has 5 aromatic rings. The van der Waals surface area contributed by atoms with Crippen LogP contribution in [0.4, 0.5) is 4.79 Å². The van der Waals surface area contributed by atoms with Gasteiger partial charge in [0.05, 0.1) is 18.0 Å². The molecule has 5 rings (SSSR count). The molecular formula is C38H36N2O3S. The molecule has 0 heterocycles. The number of esters is 1. The predicted molar refractivity (Wildman–Crippen MR) is 178 cm³/mol. The summed E-state index contributed by atoms with van der Waals surface area (Å²) in [4.78, 5) is 26.0. The average molecular weight is 601 g/mol. The Hall–Kier alpha value is -4.65. The van der Waals surface area contributed by atoms with Crippen molar-refractivity contribution in [1.82, 2.24) is 10.6 Å². The molecule has 6 heteroatoms. The lowest BCUT2D eigenvalue weighted by Gasteiger charge is -2.37. The molecule has 0 saturated heterocycles. The second-order valence-electron chi connectivity index (χ2n) is 10.4. The topological polar surface area (TPSA) is 67.4 Å². The van der Waals surface area contributed by atoms with Crippen LogP contribution in [0.2, 0.25) is 0 Å². The molecule has 5 nitrogen and oxygen atoms in total. The highest BCUT2D eigenvalue weighted by molar-refractivity contribution is 8.13. The molecule has 0 spiro atoms. The third-order valence-corrected chi connectivity index (χ3v) is 8.24. The molecule has 1 atom stereocenters. The molecule has 0 saturated carbocycles. The Bertz CT molecular complexity index is 1490. The van der Waals surface area contributed by atoms with E-state index in [1.54, 1.807) is 0 Å². The van der Waals surface area contributed by atoms with E-state index in [-0.39, 0.29) is 24.2 Å². The molecule has 0 bridgehead atoms. The van der Waals surface area contributed by atoms with E-state index in [0.717, 1.165) is 27.8 Å². The van der Waals surface area contributed by atoms with Crippen molar-refractivity contribution in [2.24, 2.45) is 0 Å². The van der Waals surface area contributed by atoms with Crippen LogP contribution in [-0.4, -0.2) is 23.5 Å². The van der Waals surface area contributed by atoms with Gasteiger partial charge in [0.15, 0.2) is 0 Å². The summed E-state index contributed by atoms with van der Waals surface area (Å²) in [7, 11) is 0. The second-order valence-corrected chi connectivity index (χ2v) is 11.4. The van der Waals surface area contributed by atoms with Crippen molar-refractivity contribution in [3.63, 3.8) is 0 Å². The van der Waals surface area contributed by atoms with Crippen LogP contribution in [0.1, 0.15) is 40.3 Å². The first-order chi connectivity index (χ1) is 21.6. The molecule has 0 aliphatic heterocycles. The number of amides is 1. The fourth-order valence-electron chi connectivity index (χ4n) is 5.34. The molecule has 2 N–H and O–H groups in total. The Balaban J connectivity index is 1.25. The Morgan fingerprint density at radius 3 is 1.59 bits per heavy atom. The van der Waals surface area contributed by atoms with Crippen molar-refractivity contribution in [1.29, 1.82) is 0 Å². The van der Waals surface area contributed by atoms with Crippen LogP contribution in [-0.2, 0) is 21.7 Å². The van der Waals surface area contributed by atoms with Crippen LogP contribution in [0.25, 0.3) is 0 Å². The summed E-state index contributed by atoms with van der Waals surface area (Å²) in [5.74, 6) is 0.160. The molecule has 5 aromatic carbocycles. The van der Waals surface area contributed by atoms with Gasteiger partial charge in [-0.05, 0) is 27.8 Å². The zero-order valence-corrected chi connectivity index (χ0v) is 25.3. The maximum atomic E-state index is 13.2. The Morgan fingerprint density at radius 2 is 1.09 bits per heavy atom. The summed E-state index contributed by atoms with van der Waals surface area (Å²) >= 11 is 1.20. The number of carbonyl (C=O) groups is 2. The summed E-state index contributed by atoms with van der Waals surface area (Å²) in [6, 6.07) is 49.8. The number of rotatable bonds is 13. The molecule has 0 aromatic heterocycles. The van der Waals surface area contributed by atoms with Gasteiger partial charge in [-0.2, -0.15) is 0 Å². The van der Waals surface area contributed by atoms with Crippen molar-refractivity contribution >= 4 is 23.0 Å². The van der Waals surface area contributed by atoms with Crippen LogP contribution in [0.3, 0.4) is 0 Å². The van der Waals surface area contributed by atoms with Crippen molar-refractivity contribution in [3.05, 3.63) is 179 Å². The third kappa shape index (κ3) is 8.04. The number of hydrogen-bond donors (Lipinski definition) is 2. The highest BCUT2D eigenvalue weighted by Gasteiger charge is 2.35. The number of nitrogens with one attached hydrogen (secondary N) is 2. The second kappa shape index (κ2) is 15.7. The van der Waals surface area contributed by atoms with Crippen molar-refractivity contribution in [2.75, 3.05) is 12.3 Å². The molecule has 0 aliphatic rings. The van der Waals surface area contributed by atoms with E-state index in [2.05, 4.69) is 83.4 Å². The standard InChI is InChI=1S/C38H36N2O3S/c41-36(43-29-30-16-6-1-7-17-30)28-35(31-18-8-2-9-19-31)40-37(42)44-27-26-39-38(32-20-10-3-11-21-32,33-22-12-4-13-23-33)34-24-14-5-15-25-34/h1-25,35,39H,26-29H2,(H,40,42). The number of hydrogen-bond acceptors (Lipinski definition) is 5. The summed E-state index contributed by atoms with van der Waals surface area (Å²) in [5.41, 5.74) is 4.52. The molecule has 0 radical (unpaired) electrons. The van der Waals surface area contributed by atoms with Gasteiger partial charge in [-0.3, -0.25) is 14.9 Å². The number of thioether (sulfide) groups is 1. The first kappa shape index (κ1) is 30.8. The fraction of sp³-hybridized carbons (Fsp3) is 0.158. The van der Waals surface area contributed by atoms with Crippen LogP contribution < -0.4 is 10.6 Å². The van der Waals surface area contributed by atoms with Crippen molar-refractivity contribution in [2.45, 2.75) is 24.6 Å². The van der Waals surface area contributed by atoms with E-state index in [4.69, 9.17) is 4.74 Å². The lowest BCUT2D eigenvalue weighted by Crippen LogP contribution is -2.45. The molecule has 222 valence electrons. The van der Waals surface area contributed by atoms with E-state index >= 15 is 0 Å². The van der Waals surface area contributed by atoms with Gasteiger partial charge in [-0.15, -0.1) is 0 Å². The number of carbonyl (C=O) groups excluding carboxylic acids is 2. The van der Waals surface area contributed by atoms with Crippen LogP contribution in [0.15, 0.2) is 152 Å². The molecule has 0 fully saturated rings. The van der Waals surface area contributed by atoms with Crippen molar-refractivity contribution < 1.29 is 14.3 Å². The van der Waals surface area contributed by atoms with E-state index in [0.29, 0.717) is 12.3 Å². The van der Waals surface area contributed by atoms with Gasteiger partial charge in [0.25, 0.3) is 5.24 Å². The third-order valence-electron chi connectivity index (χ3n) is 7.45. The van der Waals surface area contributed by atoms with E-state index in [1.807, 2.05) is 78.9 Å². The van der Waals surface area contributed by atoms with Gasteiger partial charge >= 0.3 is 5.97 Å². The summed E-state index contributed by atoms with van der Waals surface area (Å²) in [5, 5.41) is 6.67. The summed E-state index contributed by atoms with van der Waals surface area (Å²) < 4.78 is 5.52. The van der Waals surface area contributed by atoms with E-state index in [9.17, 15) is 9.59 Å². The Morgan fingerprint density at radius 1 is 0.636 bits per heavy atom. The maximum absolute atomic E-state index is 13.2. The minimum Gasteiger partial charge on any atom is -0.461 e. The molecule has 44 heavy (non-hydrogen) atoms. The number of ether oxygens (including phenoxy) is 1. The highest BCUT2D eigenvalue weighted by Crippen LogP contribution is 2.36. The van der Waals surface area contributed by atoms with Gasteiger partial charge in [0.2, 0.25) is 0 Å². The van der Waals surface area contributed by atoms with Gasteiger partial charge in [-0.25, -0.2) is 0 Å². The van der Waals surface area contributed by atoms with E-state index < -0.39 is 11.6 Å². The van der Waals surface area contributed by atoms with E-state index in [1.165, 1.54) is 11.8 Å². The zero-order chi connectivity index (χ0) is 30.5. The lowest BCUT2D eigenvalue weighted by molar-refractivity contribution is -0.145. The zero-order valence-electron chi connectivity index (χ0n) is 24.5. The molecule has 0 aliphatic carbocycles. The lowest BCUT2D eigenvalue weighted by atomic mass is 9.77. The average Bonchev–Trinajstić information content (AvgIpc) is 3.09. The first-order valence-electron chi connectivity index (χ1n) is 14.7. The van der Waals surface area contributed by atoms with Crippen molar-refractivity contribution in [3.8, 4) is 0 Å². The first-order valence-corrected chi connectivity index (χ1v) is 15.7. The summed E-state index contributed by atoms with van der Waals surface area (Å²) in [6.45, 7) is 0.757. The maximum Gasteiger partial charge on any atom is 0.308 e. The van der Waals surface area contributed by atoms with Gasteiger partial charge < -0.3 is 10.1 Å². The largest absolute Gasteiger partial charge is 0.461 e. The Kier molecular flexibility index (Phi) is 11.0. The highest BCUT2D eigenvalue weighted by atomic mass is 32.2. The smallest absolute Gasteiger partial charge is 0.308 e.